The largest absolute Gasteiger partial charge is 0.290 e. The van der Waals surface area contributed by atoms with Crippen molar-refractivity contribution in [1.29, 1.82) is 0 Å². The molecule has 0 fully saturated rings. The zero-order valence-corrected chi connectivity index (χ0v) is 9.14. The summed E-state index contributed by atoms with van der Waals surface area (Å²) in [7, 11) is 0. The molecule has 0 saturated carbocycles. The van der Waals surface area contributed by atoms with E-state index in [4.69, 9.17) is 6.57 Å². The molecule has 0 aliphatic carbocycles. The van der Waals surface area contributed by atoms with Gasteiger partial charge in [0.15, 0.2) is 0 Å². The highest BCUT2D eigenvalue weighted by molar-refractivity contribution is 5.46. The molecule has 4 heteroatoms. The van der Waals surface area contributed by atoms with Crippen LogP contribution in [-0.4, -0.2) is 4.57 Å². The van der Waals surface area contributed by atoms with Crippen LogP contribution in [0.2, 0.25) is 0 Å². The van der Waals surface area contributed by atoms with Crippen LogP contribution in [0, 0.1) is 19.3 Å². The molecule has 84 valence electrons. The van der Waals surface area contributed by atoms with Crippen molar-refractivity contribution in [3.63, 3.8) is 0 Å². The molecule has 1 aromatic carbocycles. The molecular formula is C13H9FN2O. The van der Waals surface area contributed by atoms with E-state index in [1.165, 1.54) is 28.8 Å². The molecular weight excluding hydrogens is 219 g/mol. The van der Waals surface area contributed by atoms with Crippen LogP contribution < -0.4 is 5.56 Å². The Labute approximate surface area is 97.6 Å². The van der Waals surface area contributed by atoms with Crippen molar-refractivity contribution >= 4 is 5.69 Å². The number of rotatable bonds is 1. The lowest BCUT2D eigenvalue weighted by Gasteiger charge is -2.10. The van der Waals surface area contributed by atoms with Crippen molar-refractivity contribution in [3.8, 4) is 5.69 Å². The molecule has 0 saturated heterocycles. The number of aryl methyl sites for hydroxylation is 1. The van der Waals surface area contributed by atoms with Gasteiger partial charge in [0.2, 0.25) is 0 Å². The molecule has 0 atom stereocenters. The van der Waals surface area contributed by atoms with Crippen LogP contribution in [0.5, 0.6) is 0 Å². The van der Waals surface area contributed by atoms with Crippen molar-refractivity contribution in [1.82, 2.24) is 4.57 Å². The number of hydrogen-bond acceptors (Lipinski definition) is 1. The summed E-state index contributed by atoms with van der Waals surface area (Å²) < 4.78 is 14.5. The third-order valence-corrected chi connectivity index (χ3v) is 2.44. The lowest BCUT2D eigenvalue weighted by molar-refractivity contribution is 0.626. The second-order valence-corrected chi connectivity index (χ2v) is 3.59. The second kappa shape index (κ2) is 4.22. The lowest BCUT2D eigenvalue weighted by atomic mass is 10.2. The molecule has 3 nitrogen and oxygen atoms in total. The summed E-state index contributed by atoms with van der Waals surface area (Å²) in [5.41, 5.74) is 0.691. The maximum Gasteiger partial charge on any atom is 0.261 e. The summed E-state index contributed by atoms with van der Waals surface area (Å²) in [6.07, 6.45) is 0. The van der Waals surface area contributed by atoms with Crippen molar-refractivity contribution < 1.29 is 4.39 Å². The fraction of sp³-hybridized carbons (Fsp3) is 0.0769. The summed E-state index contributed by atoms with van der Waals surface area (Å²) in [5.74, 6) is -0.415. The molecule has 17 heavy (non-hydrogen) atoms. The predicted octanol–water partition coefficient (Wildman–Crippen LogP) is 2.84. The van der Waals surface area contributed by atoms with E-state index in [2.05, 4.69) is 4.85 Å². The lowest BCUT2D eigenvalue weighted by Crippen LogP contribution is -2.19. The Bertz CT molecular complexity index is 668. The Morgan fingerprint density at radius 2 is 2.06 bits per heavy atom. The minimum absolute atomic E-state index is 0.0276. The van der Waals surface area contributed by atoms with Crippen molar-refractivity contribution in [2.24, 2.45) is 0 Å². The molecule has 0 bridgehead atoms. The van der Waals surface area contributed by atoms with E-state index in [0.717, 1.165) is 0 Å². The van der Waals surface area contributed by atoms with Gasteiger partial charge < -0.3 is 0 Å². The third-order valence-electron chi connectivity index (χ3n) is 2.44. The van der Waals surface area contributed by atoms with E-state index in [0.29, 0.717) is 11.4 Å². The van der Waals surface area contributed by atoms with Gasteiger partial charge in [-0.05, 0) is 31.2 Å². The first-order valence-electron chi connectivity index (χ1n) is 4.99. The fourth-order valence-electron chi connectivity index (χ4n) is 1.64. The highest BCUT2D eigenvalue weighted by Gasteiger charge is 2.08. The highest BCUT2D eigenvalue weighted by Crippen LogP contribution is 2.13. The summed E-state index contributed by atoms with van der Waals surface area (Å²) in [5, 5.41) is 0. The minimum atomic E-state index is -0.425. The normalized spacial score (nSPS) is 9.94. The zero-order valence-electron chi connectivity index (χ0n) is 9.14. The molecule has 0 N–H and O–H groups in total. The van der Waals surface area contributed by atoms with Gasteiger partial charge in [-0.25, -0.2) is 9.24 Å². The first kappa shape index (κ1) is 11.1. The quantitative estimate of drug-likeness (QED) is 0.689. The zero-order chi connectivity index (χ0) is 12.4. The van der Waals surface area contributed by atoms with Crippen molar-refractivity contribution in [3.05, 3.63) is 69.7 Å². The van der Waals surface area contributed by atoms with Crippen LogP contribution in [0.25, 0.3) is 10.5 Å². The first-order chi connectivity index (χ1) is 8.13. The van der Waals surface area contributed by atoms with E-state index < -0.39 is 11.4 Å². The van der Waals surface area contributed by atoms with Crippen LogP contribution in [-0.2, 0) is 0 Å². The van der Waals surface area contributed by atoms with Crippen LogP contribution in [0.15, 0.2) is 41.2 Å². The molecule has 2 rings (SSSR count). The topological polar surface area (TPSA) is 26.4 Å². The van der Waals surface area contributed by atoms with E-state index in [-0.39, 0.29) is 5.69 Å². The number of benzene rings is 1. The average Bonchev–Trinajstić information content (AvgIpc) is 2.29. The second-order valence-electron chi connectivity index (χ2n) is 3.59. The SMILES string of the molecule is [C-]#[N+]c1ccc(C)n(-c2cccc(F)c2)c1=O. The maximum absolute atomic E-state index is 13.1. The Morgan fingerprint density at radius 3 is 2.71 bits per heavy atom. The molecule has 0 radical (unpaired) electrons. The molecule has 2 aromatic rings. The monoisotopic (exact) mass is 228 g/mol. The minimum Gasteiger partial charge on any atom is -0.290 e. The van der Waals surface area contributed by atoms with Gasteiger partial charge in [-0.1, -0.05) is 12.1 Å². The summed E-state index contributed by atoms with van der Waals surface area (Å²) >= 11 is 0. The number of halogens is 1. The van der Waals surface area contributed by atoms with Gasteiger partial charge in [-0.3, -0.25) is 9.36 Å². The van der Waals surface area contributed by atoms with Gasteiger partial charge >= 0.3 is 0 Å². The third kappa shape index (κ3) is 1.95. The van der Waals surface area contributed by atoms with Gasteiger partial charge in [-0.15, -0.1) is 0 Å². The van der Waals surface area contributed by atoms with Gasteiger partial charge in [0.05, 0.1) is 12.3 Å². The van der Waals surface area contributed by atoms with Crippen LogP contribution >= 0.6 is 0 Å². The Kier molecular flexibility index (Phi) is 2.75. The molecule has 0 spiro atoms. The number of nitrogens with zero attached hydrogens (tertiary/aromatic N) is 2. The fourth-order valence-corrected chi connectivity index (χ4v) is 1.64. The average molecular weight is 228 g/mol. The van der Waals surface area contributed by atoms with Crippen LogP contribution in [0.3, 0.4) is 0 Å². The summed E-state index contributed by atoms with van der Waals surface area (Å²) in [6.45, 7) is 8.63. The predicted molar refractivity (Wildman–Crippen MR) is 63.0 cm³/mol. The molecule has 0 unspecified atom stereocenters. The first-order valence-corrected chi connectivity index (χ1v) is 4.99. The summed E-state index contributed by atoms with van der Waals surface area (Å²) in [4.78, 5) is 15.1. The molecule has 1 aromatic heterocycles. The number of aromatic nitrogens is 1. The van der Waals surface area contributed by atoms with Crippen LogP contribution in [0.4, 0.5) is 10.1 Å². The van der Waals surface area contributed by atoms with E-state index in [9.17, 15) is 9.18 Å². The van der Waals surface area contributed by atoms with Gasteiger partial charge in [-0.2, -0.15) is 0 Å². The standard InChI is InChI=1S/C13H9FN2O/c1-9-6-7-12(15-2)13(17)16(9)11-5-3-4-10(14)8-11/h3-8H,1H3. The van der Waals surface area contributed by atoms with E-state index in [1.807, 2.05) is 0 Å². The van der Waals surface area contributed by atoms with Gasteiger partial charge in [0.25, 0.3) is 11.2 Å². The van der Waals surface area contributed by atoms with Gasteiger partial charge in [0.1, 0.15) is 5.82 Å². The number of pyridine rings is 1. The number of hydrogen-bond donors (Lipinski definition) is 0. The molecule has 0 aliphatic heterocycles. The maximum atomic E-state index is 13.1. The molecule has 0 aliphatic rings. The van der Waals surface area contributed by atoms with Crippen LogP contribution in [0.1, 0.15) is 5.69 Å². The van der Waals surface area contributed by atoms with Crippen molar-refractivity contribution in [2.45, 2.75) is 6.92 Å². The Morgan fingerprint density at radius 1 is 1.29 bits per heavy atom. The smallest absolute Gasteiger partial charge is 0.261 e. The molecule has 0 amide bonds. The van der Waals surface area contributed by atoms with Gasteiger partial charge in [0, 0.05) is 5.69 Å². The highest BCUT2D eigenvalue weighted by atomic mass is 19.1. The Balaban J connectivity index is 2.76. The summed E-state index contributed by atoms with van der Waals surface area (Å²) in [6, 6.07) is 8.87. The van der Waals surface area contributed by atoms with E-state index >= 15 is 0 Å². The molecule has 1 heterocycles. The van der Waals surface area contributed by atoms with Crippen molar-refractivity contribution in [2.75, 3.05) is 0 Å². The van der Waals surface area contributed by atoms with E-state index in [1.54, 1.807) is 19.1 Å². The Hall–Kier alpha value is -2.41.